The molecule has 0 spiro atoms. The predicted octanol–water partition coefficient (Wildman–Crippen LogP) is 4.21. The Kier molecular flexibility index (Phi) is 6.27. The van der Waals surface area contributed by atoms with Gasteiger partial charge in [-0.05, 0) is 43.2 Å². The summed E-state index contributed by atoms with van der Waals surface area (Å²) < 4.78 is 8.15. The fraction of sp³-hybridized carbons (Fsp3) is 0.217. The number of hydrogen-bond acceptors (Lipinski definition) is 3. The molecule has 144 valence electrons. The third kappa shape index (κ3) is 4.31. The lowest BCUT2D eigenvalue weighted by atomic mass is 10.1. The second kappa shape index (κ2) is 9.04. The van der Waals surface area contributed by atoms with Crippen molar-refractivity contribution < 1.29 is 9.53 Å². The molecule has 0 saturated heterocycles. The molecule has 1 N–H and O–H groups in total. The summed E-state index contributed by atoms with van der Waals surface area (Å²) in [5, 5.41) is 2.89. The molecule has 0 aliphatic rings. The molecule has 1 atom stereocenters. The van der Waals surface area contributed by atoms with Crippen molar-refractivity contribution in [3.8, 4) is 5.75 Å². The van der Waals surface area contributed by atoms with Crippen LogP contribution in [0.4, 0.5) is 0 Å². The van der Waals surface area contributed by atoms with Crippen LogP contribution in [-0.2, 0) is 17.8 Å². The number of hydrogen-bond donors (Lipinski definition) is 1. The normalized spacial score (nSPS) is 11.8. The number of imidazole rings is 1. The molecular weight excluding hydrogens is 350 g/mol. The van der Waals surface area contributed by atoms with Crippen LogP contribution in [0.3, 0.4) is 0 Å². The first kappa shape index (κ1) is 19.4. The van der Waals surface area contributed by atoms with Gasteiger partial charge in [0.25, 0.3) is 0 Å². The van der Waals surface area contributed by atoms with E-state index in [4.69, 9.17) is 9.72 Å². The SMILES string of the molecule is C=CCc1ccccc1OCCn1c(C(C)NC(=O)C=C)nc2ccccc21. The molecule has 28 heavy (non-hydrogen) atoms. The van der Waals surface area contributed by atoms with Crippen molar-refractivity contribution in [3.05, 3.63) is 85.2 Å². The lowest BCUT2D eigenvalue weighted by molar-refractivity contribution is -0.117. The minimum Gasteiger partial charge on any atom is -0.491 e. The minimum atomic E-state index is -0.244. The largest absolute Gasteiger partial charge is 0.491 e. The zero-order chi connectivity index (χ0) is 19.9. The second-order valence-corrected chi connectivity index (χ2v) is 6.49. The summed E-state index contributed by atoms with van der Waals surface area (Å²) in [6.07, 6.45) is 3.90. The smallest absolute Gasteiger partial charge is 0.243 e. The highest BCUT2D eigenvalue weighted by atomic mass is 16.5. The molecule has 0 aliphatic carbocycles. The van der Waals surface area contributed by atoms with Crippen LogP contribution in [0.25, 0.3) is 11.0 Å². The van der Waals surface area contributed by atoms with Crippen molar-refractivity contribution in [2.75, 3.05) is 6.61 Å². The number of nitrogens with zero attached hydrogens (tertiary/aromatic N) is 2. The van der Waals surface area contributed by atoms with E-state index in [2.05, 4.69) is 23.0 Å². The molecule has 0 fully saturated rings. The highest BCUT2D eigenvalue weighted by molar-refractivity contribution is 5.87. The maximum absolute atomic E-state index is 11.7. The van der Waals surface area contributed by atoms with Gasteiger partial charge < -0.3 is 14.6 Å². The van der Waals surface area contributed by atoms with Gasteiger partial charge in [-0.3, -0.25) is 4.79 Å². The number of fused-ring (bicyclic) bond motifs is 1. The monoisotopic (exact) mass is 375 g/mol. The van der Waals surface area contributed by atoms with E-state index in [9.17, 15) is 4.79 Å². The highest BCUT2D eigenvalue weighted by Gasteiger charge is 2.17. The summed E-state index contributed by atoms with van der Waals surface area (Å²) in [5.74, 6) is 1.43. The number of amides is 1. The summed E-state index contributed by atoms with van der Waals surface area (Å²) >= 11 is 0. The summed E-state index contributed by atoms with van der Waals surface area (Å²) in [5.41, 5.74) is 3.02. The van der Waals surface area contributed by atoms with E-state index in [0.29, 0.717) is 13.2 Å². The highest BCUT2D eigenvalue weighted by Crippen LogP contribution is 2.22. The third-order valence-corrected chi connectivity index (χ3v) is 4.52. The lowest BCUT2D eigenvalue weighted by Crippen LogP contribution is -2.27. The number of allylic oxidation sites excluding steroid dienone is 1. The van der Waals surface area contributed by atoms with Crippen LogP contribution in [-0.4, -0.2) is 22.1 Å². The number of nitrogens with one attached hydrogen (secondary N) is 1. The Morgan fingerprint density at radius 2 is 1.96 bits per heavy atom. The third-order valence-electron chi connectivity index (χ3n) is 4.52. The van der Waals surface area contributed by atoms with Crippen molar-refractivity contribution in [2.45, 2.75) is 25.9 Å². The number of aromatic nitrogens is 2. The average Bonchev–Trinajstić information content (AvgIpc) is 3.08. The zero-order valence-electron chi connectivity index (χ0n) is 16.1. The molecule has 5 nitrogen and oxygen atoms in total. The quantitative estimate of drug-likeness (QED) is 0.450. The number of rotatable bonds is 9. The van der Waals surface area contributed by atoms with E-state index in [1.165, 1.54) is 6.08 Å². The summed E-state index contributed by atoms with van der Waals surface area (Å²) in [4.78, 5) is 16.4. The van der Waals surface area contributed by atoms with E-state index < -0.39 is 0 Å². The van der Waals surface area contributed by atoms with E-state index in [0.717, 1.165) is 34.6 Å². The van der Waals surface area contributed by atoms with Crippen LogP contribution in [0.1, 0.15) is 24.4 Å². The Balaban J connectivity index is 1.82. The van der Waals surface area contributed by atoms with Crippen molar-refractivity contribution in [3.63, 3.8) is 0 Å². The van der Waals surface area contributed by atoms with Crippen molar-refractivity contribution in [2.24, 2.45) is 0 Å². The minimum absolute atomic E-state index is 0.222. The molecule has 0 aliphatic heterocycles. The molecule has 3 aromatic rings. The summed E-state index contributed by atoms with van der Waals surface area (Å²) in [6.45, 7) is 10.3. The van der Waals surface area contributed by atoms with E-state index in [1.54, 1.807) is 0 Å². The predicted molar refractivity (Wildman–Crippen MR) is 112 cm³/mol. The number of benzene rings is 2. The van der Waals surface area contributed by atoms with Gasteiger partial charge in [-0.15, -0.1) is 6.58 Å². The van der Waals surface area contributed by atoms with E-state index in [1.807, 2.05) is 61.5 Å². The first-order valence-electron chi connectivity index (χ1n) is 9.33. The van der Waals surface area contributed by atoms with Gasteiger partial charge in [-0.2, -0.15) is 0 Å². The van der Waals surface area contributed by atoms with Gasteiger partial charge in [0, 0.05) is 0 Å². The molecule has 1 unspecified atom stereocenters. The summed E-state index contributed by atoms with van der Waals surface area (Å²) in [7, 11) is 0. The molecular formula is C23H25N3O2. The van der Waals surface area contributed by atoms with Gasteiger partial charge in [0.2, 0.25) is 5.91 Å². The van der Waals surface area contributed by atoms with E-state index >= 15 is 0 Å². The maximum atomic E-state index is 11.7. The maximum Gasteiger partial charge on any atom is 0.243 e. The van der Waals surface area contributed by atoms with Gasteiger partial charge >= 0.3 is 0 Å². The molecule has 0 radical (unpaired) electrons. The Morgan fingerprint density at radius 1 is 1.21 bits per heavy atom. The Morgan fingerprint density at radius 3 is 2.75 bits per heavy atom. The van der Waals surface area contributed by atoms with Crippen molar-refractivity contribution >= 4 is 16.9 Å². The van der Waals surface area contributed by atoms with E-state index in [-0.39, 0.29) is 11.9 Å². The molecule has 2 aromatic carbocycles. The van der Waals surface area contributed by atoms with Gasteiger partial charge in [0.05, 0.1) is 23.6 Å². The fourth-order valence-electron chi connectivity index (χ4n) is 3.21. The number of carbonyl (C=O) groups excluding carboxylic acids is 1. The molecule has 1 amide bonds. The van der Waals surface area contributed by atoms with Gasteiger partial charge in [-0.25, -0.2) is 4.98 Å². The number of ether oxygens (including phenoxy) is 1. The molecule has 1 heterocycles. The topological polar surface area (TPSA) is 56.1 Å². The van der Waals surface area contributed by atoms with Crippen LogP contribution in [0, 0.1) is 0 Å². The molecule has 1 aromatic heterocycles. The van der Waals surface area contributed by atoms with Gasteiger partial charge in [-0.1, -0.05) is 43.0 Å². The van der Waals surface area contributed by atoms with Crippen LogP contribution in [0.2, 0.25) is 0 Å². The fourth-order valence-corrected chi connectivity index (χ4v) is 3.21. The molecule has 0 bridgehead atoms. The molecule has 0 saturated carbocycles. The van der Waals surface area contributed by atoms with Crippen LogP contribution in [0.15, 0.2) is 73.8 Å². The van der Waals surface area contributed by atoms with Crippen LogP contribution in [0.5, 0.6) is 5.75 Å². The molecule has 5 heteroatoms. The lowest BCUT2D eigenvalue weighted by Gasteiger charge is -2.16. The zero-order valence-corrected chi connectivity index (χ0v) is 16.1. The van der Waals surface area contributed by atoms with Gasteiger partial charge in [0.15, 0.2) is 0 Å². The van der Waals surface area contributed by atoms with Crippen molar-refractivity contribution in [1.29, 1.82) is 0 Å². The van der Waals surface area contributed by atoms with Crippen molar-refractivity contribution in [1.82, 2.24) is 14.9 Å². The standard InChI is InChI=1S/C23H25N3O2/c1-4-10-18-11-6-9-14-21(18)28-16-15-26-20-13-8-7-12-19(20)25-23(26)17(3)24-22(27)5-2/h4-9,11-14,17H,1-2,10,15-16H2,3H3,(H,24,27). The summed E-state index contributed by atoms with van der Waals surface area (Å²) in [6, 6.07) is 15.7. The average molecular weight is 375 g/mol. The Bertz CT molecular complexity index is 990. The van der Waals surface area contributed by atoms with Crippen LogP contribution < -0.4 is 10.1 Å². The Hall–Kier alpha value is -3.34. The first-order chi connectivity index (χ1) is 13.6. The number of carbonyl (C=O) groups is 1. The van der Waals surface area contributed by atoms with Gasteiger partial charge in [0.1, 0.15) is 18.2 Å². The van der Waals surface area contributed by atoms with Crippen LogP contribution >= 0.6 is 0 Å². The second-order valence-electron chi connectivity index (χ2n) is 6.49. The Labute approximate surface area is 165 Å². The molecule has 3 rings (SSSR count). The first-order valence-corrected chi connectivity index (χ1v) is 9.33. The number of para-hydroxylation sites is 3.